The van der Waals surface area contributed by atoms with Crippen molar-refractivity contribution in [2.24, 2.45) is 0 Å². The van der Waals surface area contributed by atoms with E-state index >= 15 is 0 Å². The Hall–Kier alpha value is -3.34. The summed E-state index contributed by atoms with van der Waals surface area (Å²) in [6.45, 7) is 6.73. The van der Waals surface area contributed by atoms with E-state index < -0.39 is 5.97 Å². The number of carbonyl (C=O) groups is 2. The third-order valence-corrected chi connectivity index (χ3v) is 3.92. The number of carboxylic acid groups (broad SMARTS) is 1. The molecular weight excluding hydrogens is 354 g/mol. The molecule has 0 bridgehead atoms. The van der Waals surface area contributed by atoms with Crippen molar-refractivity contribution in [1.82, 2.24) is 5.32 Å². The molecule has 5 heteroatoms. The molecule has 0 atom stereocenters. The van der Waals surface area contributed by atoms with Crippen LogP contribution in [-0.2, 0) is 11.3 Å². The number of benzene rings is 2. The number of hydrogen-bond acceptors (Lipinski definition) is 3. The van der Waals surface area contributed by atoms with E-state index in [0.29, 0.717) is 30.0 Å². The zero-order valence-electron chi connectivity index (χ0n) is 16.4. The minimum absolute atomic E-state index is 0.252. The standard InChI is InChI=1S/C23H25NO4/c1-16(2)10-11-28-21-13-19(8-9-22(25)26)12-20(14-21)23(27)24-15-18-6-4-17(3)5-7-18/h4-10,12-14H,11,15H2,1-3H3,(H,24,27)(H,25,26)/b9-8+. The Morgan fingerprint density at radius 1 is 1.11 bits per heavy atom. The number of ether oxygens (including phenoxy) is 1. The topological polar surface area (TPSA) is 75.6 Å². The van der Waals surface area contributed by atoms with Crippen molar-refractivity contribution >= 4 is 18.0 Å². The van der Waals surface area contributed by atoms with Gasteiger partial charge in [0.2, 0.25) is 0 Å². The molecule has 5 nitrogen and oxygen atoms in total. The van der Waals surface area contributed by atoms with Gasteiger partial charge in [0.15, 0.2) is 0 Å². The number of carbonyl (C=O) groups excluding carboxylic acids is 1. The molecule has 146 valence electrons. The van der Waals surface area contributed by atoms with E-state index in [1.807, 2.05) is 51.1 Å². The first-order chi connectivity index (χ1) is 13.3. The number of rotatable bonds is 8. The maximum absolute atomic E-state index is 12.6. The van der Waals surface area contributed by atoms with Crippen LogP contribution >= 0.6 is 0 Å². The normalized spacial score (nSPS) is 10.5. The molecule has 0 aliphatic heterocycles. The lowest BCUT2D eigenvalue weighted by Gasteiger charge is -2.10. The average Bonchev–Trinajstić information content (AvgIpc) is 2.65. The van der Waals surface area contributed by atoms with Gasteiger partial charge >= 0.3 is 5.97 Å². The van der Waals surface area contributed by atoms with Crippen LogP contribution in [-0.4, -0.2) is 23.6 Å². The molecule has 2 N–H and O–H groups in total. The summed E-state index contributed by atoms with van der Waals surface area (Å²) >= 11 is 0. The summed E-state index contributed by atoms with van der Waals surface area (Å²) < 4.78 is 5.69. The number of carboxylic acids is 1. The lowest BCUT2D eigenvalue weighted by atomic mass is 10.1. The fourth-order valence-electron chi connectivity index (χ4n) is 2.40. The highest BCUT2D eigenvalue weighted by atomic mass is 16.5. The van der Waals surface area contributed by atoms with Crippen molar-refractivity contribution in [1.29, 1.82) is 0 Å². The van der Waals surface area contributed by atoms with E-state index in [-0.39, 0.29) is 5.91 Å². The Morgan fingerprint density at radius 3 is 2.46 bits per heavy atom. The van der Waals surface area contributed by atoms with Crippen molar-refractivity contribution in [2.75, 3.05) is 6.61 Å². The molecular formula is C23H25NO4. The second-order valence-corrected chi connectivity index (χ2v) is 6.72. The molecule has 28 heavy (non-hydrogen) atoms. The van der Waals surface area contributed by atoms with Crippen LogP contribution in [0.1, 0.15) is 40.9 Å². The van der Waals surface area contributed by atoms with Crippen LogP contribution in [0.15, 0.2) is 60.2 Å². The molecule has 0 fully saturated rings. The summed E-state index contributed by atoms with van der Waals surface area (Å²) in [5.74, 6) is -0.801. The van der Waals surface area contributed by atoms with Gasteiger partial charge in [0.05, 0.1) is 0 Å². The van der Waals surface area contributed by atoms with Gasteiger partial charge in [0.1, 0.15) is 12.4 Å². The number of aryl methyl sites for hydroxylation is 1. The summed E-state index contributed by atoms with van der Waals surface area (Å²) in [6.07, 6.45) is 4.40. The van der Waals surface area contributed by atoms with Crippen molar-refractivity contribution < 1.29 is 19.4 Å². The Bertz CT molecular complexity index is 891. The van der Waals surface area contributed by atoms with Crippen LogP contribution in [0, 0.1) is 6.92 Å². The van der Waals surface area contributed by atoms with E-state index in [1.165, 1.54) is 6.08 Å². The second-order valence-electron chi connectivity index (χ2n) is 6.72. The number of allylic oxidation sites excluding steroid dienone is 1. The number of nitrogens with one attached hydrogen (secondary N) is 1. The van der Waals surface area contributed by atoms with Gasteiger partial charge in [-0.1, -0.05) is 35.4 Å². The summed E-state index contributed by atoms with van der Waals surface area (Å²) in [5, 5.41) is 11.7. The first-order valence-electron chi connectivity index (χ1n) is 8.99. The van der Waals surface area contributed by atoms with Gasteiger partial charge in [-0.25, -0.2) is 4.79 Å². The minimum Gasteiger partial charge on any atom is -0.489 e. The molecule has 0 heterocycles. The third-order valence-electron chi connectivity index (χ3n) is 3.92. The predicted octanol–water partition coefficient (Wildman–Crippen LogP) is 4.37. The van der Waals surface area contributed by atoms with Crippen LogP contribution in [0.3, 0.4) is 0 Å². The van der Waals surface area contributed by atoms with E-state index in [1.54, 1.807) is 18.2 Å². The largest absolute Gasteiger partial charge is 0.489 e. The van der Waals surface area contributed by atoms with Gasteiger partial charge in [-0.3, -0.25) is 4.79 Å². The number of amides is 1. The summed E-state index contributed by atoms with van der Waals surface area (Å²) in [4.78, 5) is 23.4. The third kappa shape index (κ3) is 7.11. The molecule has 2 rings (SSSR count). The van der Waals surface area contributed by atoms with Gasteiger partial charge in [0, 0.05) is 18.2 Å². The summed E-state index contributed by atoms with van der Waals surface area (Å²) in [5.41, 5.74) is 4.27. The van der Waals surface area contributed by atoms with Crippen molar-refractivity contribution in [2.45, 2.75) is 27.3 Å². The van der Waals surface area contributed by atoms with Crippen molar-refractivity contribution in [3.05, 3.63) is 82.4 Å². The molecule has 0 aliphatic rings. The zero-order chi connectivity index (χ0) is 20.5. The van der Waals surface area contributed by atoms with E-state index in [2.05, 4.69) is 5.32 Å². The Labute approximate surface area is 165 Å². The van der Waals surface area contributed by atoms with Crippen molar-refractivity contribution in [3.63, 3.8) is 0 Å². The lowest BCUT2D eigenvalue weighted by Crippen LogP contribution is -2.23. The lowest BCUT2D eigenvalue weighted by molar-refractivity contribution is -0.131. The summed E-state index contributed by atoms with van der Waals surface area (Å²) in [6, 6.07) is 12.9. The minimum atomic E-state index is -1.05. The maximum atomic E-state index is 12.6. The van der Waals surface area contributed by atoms with Crippen LogP contribution in [0.5, 0.6) is 5.75 Å². The molecule has 2 aromatic rings. The van der Waals surface area contributed by atoms with Crippen LogP contribution in [0.2, 0.25) is 0 Å². The molecule has 0 saturated carbocycles. The van der Waals surface area contributed by atoms with E-state index in [9.17, 15) is 9.59 Å². The highest BCUT2D eigenvalue weighted by Gasteiger charge is 2.09. The average molecular weight is 379 g/mol. The quantitative estimate of drug-likeness (QED) is 0.528. The Balaban J connectivity index is 2.17. The molecule has 0 aliphatic carbocycles. The zero-order valence-corrected chi connectivity index (χ0v) is 16.4. The monoisotopic (exact) mass is 379 g/mol. The van der Waals surface area contributed by atoms with Crippen LogP contribution < -0.4 is 10.1 Å². The van der Waals surface area contributed by atoms with Crippen LogP contribution in [0.4, 0.5) is 0 Å². The van der Waals surface area contributed by atoms with Gasteiger partial charge in [0.25, 0.3) is 5.91 Å². The SMILES string of the molecule is CC(C)=CCOc1cc(/C=C/C(=O)O)cc(C(=O)NCc2ccc(C)cc2)c1. The molecule has 0 aromatic heterocycles. The molecule has 0 radical (unpaired) electrons. The predicted molar refractivity (Wildman–Crippen MR) is 110 cm³/mol. The molecule has 1 amide bonds. The number of aliphatic carboxylic acids is 1. The second kappa shape index (κ2) is 10.1. The van der Waals surface area contributed by atoms with Gasteiger partial charge < -0.3 is 15.2 Å². The summed E-state index contributed by atoms with van der Waals surface area (Å²) in [7, 11) is 0. The molecule has 0 saturated heterocycles. The first kappa shape index (κ1) is 21.0. The fraction of sp³-hybridized carbons (Fsp3) is 0.217. The highest BCUT2D eigenvalue weighted by Crippen LogP contribution is 2.19. The van der Waals surface area contributed by atoms with Gasteiger partial charge in [-0.15, -0.1) is 0 Å². The van der Waals surface area contributed by atoms with Gasteiger partial charge in [-0.2, -0.15) is 0 Å². The van der Waals surface area contributed by atoms with E-state index in [4.69, 9.17) is 9.84 Å². The molecule has 0 spiro atoms. The van der Waals surface area contributed by atoms with Crippen LogP contribution in [0.25, 0.3) is 6.08 Å². The van der Waals surface area contributed by atoms with Gasteiger partial charge in [-0.05, 0) is 62.2 Å². The highest BCUT2D eigenvalue weighted by molar-refractivity contribution is 5.95. The first-order valence-corrected chi connectivity index (χ1v) is 8.99. The fourth-order valence-corrected chi connectivity index (χ4v) is 2.40. The smallest absolute Gasteiger partial charge is 0.328 e. The Morgan fingerprint density at radius 2 is 1.82 bits per heavy atom. The maximum Gasteiger partial charge on any atom is 0.328 e. The molecule has 2 aromatic carbocycles. The van der Waals surface area contributed by atoms with Crippen molar-refractivity contribution in [3.8, 4) is 5.75 Å². The Kier molecular flexibility index (Phi) is 7.57. The van der Waals surface area contributed by atoms with E-state index in [0.717, 1.165) is 22.8 Å². The number of hydrogen-bond donors (Lipinski definition) is 2. The molecule has 0 unspecified atom stereocenters.